The van der Waals surface area contributed by atoms with Gasteiger partial charge in [-0.1, -0.05) is 18.2 Å². The topological polar surface area (TPSA) is 58.6 Å². The average Bonchev–Trinajstić information content (AvgIpc) is 2.36. The fourth-order valence-corrected chi connectivity index (χ4v) is 1.39. The van der Waals surface area contributed by atoms with Crippen molar-refractivity contribution in [2.75, 3.05) is 13.7 Å². The van der Waals surface area contributed by atoms with E-state index in [1.54, 1.807) is 24.3 Å². The van der Waals surface area contributed by atoms with Gasteiger partial charge in [0.1, 0.15) is 11.9 Å². The lowest BCUT2D eigenvalue weighted by Crippen LogP contribution is -2.36. The first-order valence-electron chi connectivity index (χ1n) is 5.39. The van der Waals surface area contributed by atoms with Crippen molar-refractivity contribution < 1.29 is 23.4 Å². The van der Waals surface area contributed by atoms with E-state index in [-0.39, 0.29) is 6.42 Å². The number of methoxy groups -OCH3 is 1. The molecule has 0 heterocycles. The van der Waals surface area contributed by atoms with Crippen molar-refractivity contribution in [3.8, 4) is 5.75 Å². The lowest BCUT2D eigenvalue weighted by atomic mass is 10.1. The van der Waals surface area contributed by atoms with Gasteiger partial charge in [-0.15, -0.1) is 0 Å². The van der Waals surface area contributed by atoms with Gasteiger partial charge in [-0.2, -0.15) is 0 Å². The van der Waals surface area contributed by atoms with Crippen LogP contribution in [0, 0.1) is 0 Å². The van der Waals surface area contributed by atoms with Crippen molar-refractivity contribution in [3.63, 3.8) is 0 Å². The Labute approximate surface area is 104 Å². The minimum absolute atomic E-state index is 0.0139. The molecule has 0 aliphatic heterocycles. The molecule has 0 fully saturated rings. The number of hydrogen-bond acceptors (Lipinski definition) is 3. The predicted molar refractivity (Wildman–Crippen MR) is 61.7 cm³/mol. The van der Waals surface area contributed by atoms with Gasteiger partial charge >= 0.3 is 0 Å². The average molecular weight is 259 g/mol. The Hall–Kier alpha value is -1.69. The molecule has 1 aromatic carbocycles. The van der Waals surface area contributed by atoms with Crippen LogP contribution in [0.1, 0.15) is 5.56 Å². The number of aliphatic hydroxyl groups is 1. The Balaban J connectivity index is 2.49. The summed E-state index contributed by atoms with van der Waals surface area (Å²) in [6.45, 7) is -0.467. The molecule has 0 saturated heterocycles. The highest BCUT2D eigenvalue weighted by molar-refractivity contribution is 5.79. The Bertz CT molecular complexity index is 399. The summed E-state index contributed by atoms with van der Waals surface area (Å²) < 4.78 is 29.1. The summed E-state index contributed by atoms with van der Waals surface area (Å²) in [5.41, 5.74) is 0.657. The first kappa shape index (κ1) is 14.4. The summed E-state index contributed by atoms with van der Waals surface area (Å²) in [6, 6.07) is 6.93. The number of hydrogen-bond donors (Lipinski definition) is 2. The smallest absolute Gasteiger partial charge is 0.265 e. The number of alkyl halides is 2. The van der Waals surface area contributed by atoms with Gasteiger partial charge in [0.15, 0.2) is 0 Å². The third kappa shape index (κ3) is 4.29. The fourth-order valence-electron chi connectivity index (χ4n) is 1.39. The van der Waals surface area contributed by atoms with Crippen LogP contribution in [0.25, 0.3) is 0 Å². The standard InChI is InChI=1S/C12H15F2NO3/c1-18-10-5-3-2-4-8(10)6-11(17)15-7-9(16)12(13)14/h2-5,9,12,16H,6-7H2,1H3,(H,15,17)/t9-/m1/s1. The van der Waals surface area contributed by atoms with Crippen LogP contribution in [-0.2, 0) is 11.2 Å². The maximum absolute atomic E-state index is 12.0. The molecule has 0 aliphatic carbocycles. The number of amides is 1. The minimum atomic E-state index is -2.86. The maximum Gasteiger partial charge on any atom is 0.265 e. The van der Waals surface area contributed by atoms with Crippen molar-refractivity contribution in [1.82, 2.24) is 5.32 Å². The molecule has 100 valence electrons. The van der Waals surface area contributed by atoms with E-state index < -0.39 is 25.0 Å². The van der Waals surface area contributed by atoms with Crippen LogP contribution < -0.4 is 10.1 Å². The van der Waals surface area contributed by atoms with Gasteiger partial charge in [0, 0.05) is 12.1 Å². The number of para-hydroxylation sites is 1. The maximum atomic E-state index is 12.0. The van der Waals surface area contributed by atoms with E-state index in [4.69, 9.17) is 9.84 Å². The van der Waals surface area contributed by atoms with Crippen molar-refractivity contribution in [3.05, 3.63) is 29.8 Å². The van der Waals surface area contributed by atoms with Crippen LogP contribution in [0.5, 0.6) is 5.75 Å². The summed E-state index contributed by atoms with van der Waals surface area (Å²) in [6.07, 6.45) is -4.69. The monoisotopic (exact) mass is 259 g/mol. The van der Waals surface area contributed by atoms with E-state index in [0.717, 1.165) is 0 Å². The molecule has 0 saturated carbocycles. The Morgan fingerprint density at radius 3 is 2.72 bits per heavy atom. The molecule has 1 atom stereocenters. The molecule has 18 heavy (non-hydrogen) atoms. The SMILES string of the molecule is COc1ccccc1CC(=O)NC[C@@H](O)C(F)F. The van der Waals surface area contributed by atoms with Crippen molar-refractivity contribution in [2.45, 2.75) is 19.0 Å². The molecule has 1 amide bonds. The van der Waals surface area contributed by atoms with E-state index in [1.165, 1.54) is 7.11 Å². The second-order valence-corrected chi connectivity index (χ2v) is 3.69. The van der Waals surface area contributed by atoms with Crippen LogP contribution >= 0.6 is 0 Å². The normalized spacial score (nSPS) is 12.3. The van der Waals surface area contributed by atoms with Crippen molar-refractivity contribution in [1.29, 1.82) is 0 Å². The minimum Gasteiger partial charge on any atom is -0.496 e. The molecule has 2 N–H and O–H groups in total. The van der Waals surface area contributed by atoms with Crippen LogP contribution in [0.15, 0.2) is 24.3 Å². The molecular formula is C12H15F2NO3. The van der Waals surface area contributed by atoms with Gasteiger partial charge < -0.3 is 15.2 Å². The first-order chi connectivity index (χ1) is 8.54. The summed E-state index contributed by atoms with van der Waals surface area (Å²) in [4.78, 5) is 11.5. The first-order valence-corrected chi connectivity index (χ1v) is 5.39. The number of carbonyl (C=O) groups is 1. The third-order valence-electron chi connectivity index (χ3n) is 2.34. The lowest BCUT2D eigenvalue weighted by molar-refractivity contribution is -0.121. The zero-order chi connectivity index (χ0) is 13.5. The predicted octanol–water partition coefficient (Wildman–Crippen LogP) is 0.980. The number of carbonyl (C=O) groups excluding carboxylic acids is 1. The van der Waals surface area contributed by atoms with E-state index in [0.29, 0.717) is 11.3 Å². The van der Waals surface area contributed by atoms with Crippen LogP contribution in [0.3, 0.4) is 0 Å². The van der Waals surface area contributed by atoms with Gasteiger partial charge in [0.05, 0.1) is 13.5 Å². The molecule has 0 aromatic heterocycles. The molecule has 0 bridgehead atoms. The number of halogens is 2. The van der Waals surface area contributed by atoms with E-state index in [9.17, 15) is 13.6 Å². The highest BCUT2D eigenvalue weighted by Gasteiger charge is 2.17. The summed E-state index contributed by atoms with van der Waals surface area (Å²) in [5.74, 6) is 0.112. The zero-order valence-electron chi connectivity index (χ0n) is 9.90. The summed E-state index contributed by atoms with van der Waals surface area (Å²) >= 11 is 0. The largest absolute Gasteiger partial charge is 0.496 e. The number of ether oxygens (including phenoxy) is 1. The van der Waals surface area contributed by atoms with Gasteiger partial charge in [-0.3, -0.25) is 4.79 Å². The number of rotatable bonds is 6. The molecule has 0 spiro atoms. The Kier molecular flexibility index (Phi) is 5.51. The van der Waals surface area contributed by atoms with E-state index >= 15 is 0 Å². The molecule has 0 radical (unpaired) electrons. The van der Waals surface area contributed by atoms with E-state index in [1.807, 2.05) is 0 Å². The molecule has 4 nitrogen and oxygen atoms in total. The molecule has 0 aliphatic rings. The second-order valence-electron chi connectivity index (χ2n) is 3.69. The fraction of sp³-hybridized carbons (Fsp3) is 0.417. The van der Waals surface area contributed by atoms with Gasteiger partial charge in [0.2, 0.25) is 5.91 Å². The van der Waals surface area contributed by atoms with E-state index in [2.05, 4.69) is 5.32 Å². The van der Waals surface area contributed by atoms with Gasteiger partial charge in [0.25, 0.3) is 6.43 Å². The molecule has 0 unspecified atom stereocenters. The Morgan fingerprint density at radius 1 is 1.44 bits per heavy atom. The molecular weight excluding hydrogens is 244 g/mol. The number of nitrogens with one attached hydrogen (secondary N) is 1. The molecule has 1 rings (SSSR count). The van der Waals surface area contributed by atoms with Crippen molar-refractivity contribution >= 4 is 5.91 Å². The van der Waals surface area contributed by atoms with Crippen LogP contribution in [-0.4, -0.2) is 37.2 Å². The second kappa shape index (κ2) is 6.90. The Morgan fingerprint density at radius 2 is 2.11 bits per heavy atom. The highest BCUT2D eigenvalue weighted by Crippen LogP contribution is 2.17. The zero-order valence-corrected chi connectivity index (χ0v) is 9.90. The summed E-state index contributed by atoms with van der Waals surface area (Å²) in [7, 11) is 1.48. The molecule has 6 heteroatoms. The van der Waals surface area contributed by atoms with Crippen molar-refractivity contribution in [2.24, 2.45) is 0 Å². The van der Waals surface area contributed by atoms with Gasteiger partial charge in [-0.25, -0.2) is 8.78 Å². The van der Waals surface area contributed by atoms with Crippen LogP contribution in [0.4, 0.5) is 8.78 Å². The quantitative estimate of drug-likeness (QED) is 0.800. The van der Waals surface area contributed by atoms with Gasteiger partial charge in [-0.05, 0) is 6.07 Å². The molecule has 1 aromatic rings. The third-order valence-corrected chi connectivity index (χ3v) is 2.34. The number of aliphatic hydroxyl groups excluding tert-OH is 1. The highest BCUT2D eigenvalue weighted by atomic mass is 19.3. The lowest BCUT2D eigenvalue weighted by Gasteiger charge is -2.11. The van der Waals surface area contributed by atoms with Crippen LogP contribution in [0.2, 0.25) is 0 Å². The summed E-state index contributed by atoms with van der Waals surface area (Å²) in [5, 5.41) is 11.1. The number of benzene rings is 1.